The van der Waals surface area contributed by atoms with Crippen molar-refractivity contribution in [2.75, 3.05) is 37.2 Å². The van der Waals surface area contributed by atoms with Crippen molar-refractivity contribution in [3.05, 3.63) is 23.8 Å². The molecule has 110 valence electrons. The van der Waals surface area contributed by atoms with Gasteiger partial charge in [-0.15, -0.1) is 0 Å². The third-order valence-corrected chi connectivity index (χ3v) is 4.07. The van der Waals surface area contributed by atoms with Crippen LogP contribution in [0.4, 0.5) is 11.4 Å². The summed E-state index contributed by atoms with van der Waals surface area (Å²) >= 11 is 0. The van der Waals surface area contributed by atoms with Gasteiger partial charge in [0, 0.05) is 12.1 Å². The molecule has 0 aromatic heterocycles. The molecule has 1 aromatic rings. The Morgan fingerprint density at radius 3 is 2.70 bits per heavy atom. The number of carbonyl (C=O) groups excluding carboxylic acids is 1. The van der Waals surface area contributed by atoms with Gasteiger partial charge in [0.2, 0.25) is 5.91 Å². The summed E-state index contributed by atoms with van der Waals surface area (Å²) in [5.41, 5.74) is 13.2. The number of hydrogen-bond acceptors (Lipinski definition) is 4. The molecular formula is C15H24N4O. The Kier molecular flexibility index (Phi) is 4.84. The number of nitrogen functional groups attached to an aromatic ring is 1. The molecule has 1 aliphatic rings. The van der Waals surface area contributed by atoms with Crippen molar-refractivity contribution in [1.82, 2.24) is 4.90 Å². The van der Waals surface area contributed by atoms with Gasteiger partial charge in [0.15, 0.2) is 0 Å². The van der Waals surface area contributed by atoms with Crippen LogP contribution in [0.2, 0.25) is 0 Å². The van der Waals surface area contributed by atoms with Crippen LogP contribution in [-0.4, -0.2) is 37.0 Å². The molecule has 0 atom stereocenters. The Morgan fingerprint density at radius 2 is 2.10 bits per heavy atom. The Hall–Kier alpha value is -1.75. The fourth-order valence-corrected chi connectivity index (χ4v) is 2.62. The molecule has 0 radical (unpaired) electrons. The molecule has 5 heteroatoms. The van der Waals surface area contributed by atoms with E-state index in [2.05, 4.69) is 17.1 Å². The molecule has 0 saturated carbocycles. The summed E-state index contributed by atoms with van der Waals surface area (Å²) in [5, 5.41) is 3.36. The second kappa shape index (κ2) is 6.61. The van der Waals surface area contributed by atoms with Crippen LogP contribution in [0.5, 0.6) is 0 Å². The lowest BCUT2D eigenvalue weighted by molar-refractivity contribution is 0.100. The molecule has 0 aliphatic carbocycles. The highest BCUT2D eigenvalue weighted by molar-refractivity contribution is 5.94. The monoisotopic (exact) mass is 276 g/mol. The van der Waals surface area contributed by atoms with Crippen LogP contribution in [0.15, 0.2) is 18.2 Å². The van der Waals surface area contributed by atoms with Gasteiger partial charge in [-0.05, 0) is 56.6 Å². The minimum Gasteiger partial charge on any atom is -0.397 e. The zero-order chi connectivity index (χ0) is 14.5. The number of anilines is 2. The number of nitrogens with one attached hydrogen (secondary N) is 1. The number of piperidine rings is 1. The van der Waals surface area contributed by atoms with Crippen molar-refractivity contribution in [2.45, 2.75) is 19.8 Å². The number of nitrogens with two attached hydrogens (primary N) is 2. The minimum absolute atomic E-state index is 0.427. The second-order valence-corrected chi connectivity index (χ2v) is 5.42. The molecule has 1 aromatic carbocycles. The number of hydrogen-bond donors (Lipinski definition) is 3. The lowest BCUT2D eigenvalue weighted by atomic mass is 9.96. The van der Waals surface area contributed by atoms with Gasteiger partial charge in [0.1, 0.15) is 0 Å². The summed E-state index contributed by atoms with van der Waals surface area (Å²) in [6.45, 7) is 6.56. The van der Waals surface area contributed by atoms with E-state index in [0.717, 1.165) is 18.8 Å². The van der Waals surface area contributed by atoms with E-state index in [0.29, 0.717) is 17.2 Å². The zero-order valence-electron chi connectivity index (χ0n) is 12.1. The first-order valence-electron chi connectivity index (χ1n) is 7.25. The van der Waals surface area contributed by atoms with Crippen LogP contribution in [0.25, 0.3) is 0 Å². The average Bonchev–Trinajstić information content (AvgIpc) is 2.46. The standard InChI is InChI=1S/C15H24N4O/c1-2-19-7-5-11(6-8-19)10-18-14-9-12(15(17)20)3-4-13(14)16/h3-4,9,11,18H,2,5-8,10,16H2,1H3,(H2,17,20). The highest BCUT2D eigenvalue weighted by Crippen LogP contribution is 2.22. The summed E-state index contributed by atoms with van der Waals surface area (Å²) < 4.78 is 0. The van der Waals surface area contributed by atoms with Crippen molar-refractivity contribution in [3.8, 4) is 0 Å². The van der Waals surface area contributed by atoms with Crippen LogP contribution < -0.4 is 16.8 Å². The summed E-state index contributed by atoms with van der Waals surface area (Å²) in [7, 11) is 0. The number of benzene rings is 1. The van der Waals surface area contributed by atoms with Crippen LogP contribution >= 0.6 is 0 Å². The number of carbonyl (C=O) groups is 1. The van der Waals surface area contributed by atoms with Crippen molar-refractivity contribution in [2.24, 2.45) is 11.7 Å². The quantitative estimate of drug-likeness (QED) is 0.712. The molecule has 5 N–H and O–H groups in total. The van der Waals surface area contributed by atoms with E-state index in [4.69, 9.17) is 11.5 Å². The largest absolute Gasteiger partial charge is 0.397 e. The topological polar surface area (TPSA) is 84.4 Å². The highest BCUT2D eigenvalue weighted by Gasteiger charge is 2.18. The maximum absolute atomic E-state index is 11.2. The molecule has 0 bridgehead atoms. The highest BCUT2D eigenvalue weighted by atomic mass is 16.1. The molecule has 1 aliphatic heterocycles. The summed E-state index contributed by atoms with van der Waals surface area (Å²) in [6.07, 6.45) is 2.41. The van der Waals surface area contributed by atoms with Crippen molar-refractivity contribution in [1.29, 1.82) is 0 Å². The zero-order valence-corrected chi connectivity index (χ0v) is 12.1. The predicted octanol–water partition coefficient (Wildman–Crippen LogP) is 1.51. The Balaban J connectivity index is 1.91. The van der Waals surface area contributed by atoms with Gasteiger partial charge in [-0.1, -0.05) is 6.92 Å². The molecule has 0 unspecified atom stereocenters. The summed E-state index contributed by atoms with van der Waals surface area (Å²) in [6, 6.07) is 5.11. The molecule has 1 saturated heterocycles. The molecule has 1 amide bonds. The number of nitrogens with zero attached hydrogens (tertiary/aromatic N) is 1. The average molecular weight is 276 g/mol. The number of likely N-dealkylation sites (tertiary alicyclic amines) is 1. The van der Waals surface area contributed by atoms with Crippen LogP contribution in [0, 0.1) is 5.92 Å². The molecule has 2 rings (SSSR count). The summed E-state index contributed by atoms with van der Waals surface area (Å²) in [5.74, 6) is 0.235. The Morgan fingerprint density at radius 1 is 1.40 bits per heavy atom. The summed E-state index contributed by atoms with van der Waals surface area (Å²) in [4.78, 5) is 13.7. The van der Waals surface area contributed by atoms with Gasteiger partial charge in [-0.3, -0.25) is 4.79 Å². The van der Waals surface area contributed by atoms with Crippen molar-refractivity contribution >= 4 is 17.3 Å². The molecule has 0 spiro atoms. The molecule has 20 heavy (non-hydrogen) atoms. The van der Waals surface area contributed by atoms with Crippen molar-refractivity contribution in [3.63, 3.8) is 0 Å². The molecule has 1 fully saturated rings. The first kappa shape index (κ1) is 14.7. The maximum Gasteiger partial charge on any atom is 0.248 e. The first-order valence-corrected chi connectivity index (χ1v) is 7.25. The Bertz CT molecular complexity index is 467. The fourth-order valence-electron chi connectivity index (χ4n) is 2.62. The number of rotatable bonds is 5. The van der Waals surface area contributed by atoms with E-state index in [9.17, 15) is 4.79 Å². The van der Waals surface area contributed by atoms with Crippen LogP contribution in [0.1, 0.15) is 30.1 Å². The maximum atomic E-state index is 11.2. The van der Waals surface area contributed by atoms with Gasteiger partial charge in [0.25, 0.3) is 0 Å². The molecule has 5 nitrogen and oxygen atoms in total. The smallest absolute Gasteiger partial charge is 0.248 e. The van der Waals surface area contributed by atoms with E-state index < -0.39 is 5.91 Å². The van der Waals surface area contributed by atoms with Gasteiger partial charge in [-0.25, -0.2) is 0 Å². The van der Waals surface area contributed by atoms with Gasteiger partial charge in [-0.2, -0.15) is 0 Å². The van der Waals surface area contributed by atoms with E-state index in [1.807, 2.05) is 0 Å². The molecule has 1 heterocycles. The van der Waals surface area contributed by atoms with Gasteiger partial charge < -0.3 is 21.7 Å². The van der Waals surface area contributed by atoms with Crippen LogP contribution in [-0.2, 0) is 0 Å². The van der Waals surface area contributed by atoms with E-state index in [1.165, 1.54) is 25.9 Å². The normalized spacial score (nSPS) is 17.1. The third kappa shape index (κ3) is 3.63. The first-order chi connectivity index (χ1) is 9.60. The van der Waals surface area contributed by atoms with Crippen LogP contribution in [0.3, 0.4) is 0 Å². The second-order valence-electron chi connectivity index (χ2n) is 5.42. The number of primary amides is 1. The van der Waals surface area contributed by atoms with E-state index in [1.54, 1.807) is 18.2 Å². The lowest BCUT2D eigenvalue weighted by Crippen LogP contribution is -2.35. The van der Waals surface area contributed by atoms with E-state index >= 15 is 0 Å². The Labute approximate surface area is 120 Å². The predicted molar refractivity (Wildman–Crippen MR) is 82.7 cm³/mol. The number of amides is 1. The fraction of sp³-hybridized carbons (Fsp3) is 0.533. The van der Waals surface area contributed by atoms with Crippen molar-refractivity contribution < 1.29 is 4.79 Å². The third-order valence-electron chi connectivity index (χ3n) is 4.07. The minimum atomic E-state index is -0.427. The van der Waals surface area contributed by atoms with Gasteiger partial charge >= 0.3 is 0 Å². The SMILES string of the molecule is CCN1CCC(CNc2cc(C(N)=O)ccc2N)CC1. The lowest BCUT2D eigenvalue weighted by Gasteiger charge is -2.31. The van der Waals surface area contributed by atoms with Gasteiger partial charge in [0.05, 0.1) is 11.4 Å². The molecular weight excluding hydrogens is 252 g/mol. The van der Waals surface area contributed by atoms with E-state index in [-0.39, 0.29) is 0 Å².